The van der Waals surface area contributed by atoms with E-state index < -0.39 is 10.0 Å². The maximum Gasteiger partial charge on any atom is 0.240 e. The smallest absolute Gasteiger partial charge is 0.240 e. The highest BCUT2D eigenvalue weighted by Crippen LogP contribution is 2.13. The third-order valence-electron chi connectivity index (χ3n) is 3.11. The maximum atomic E-state index is 11.6. The molecule has 4 nitrogen and oxygen atoms in total. The van der Waals surface area contributed by atoms with Gasteiger partial charge in [-0.3, -0.25) is 0 Å². The molecule has 0 heterocycles. The van der Waals surface area contributed by atoms with Crippen molar-refractivity contribution in [2.45, 2.75) is 44.0 Å². The molecule has 0 aliphatic carbocycles. The van der Waals surface area contributed by atoms with Crippen molar-refractivity contribution in [3.05, 3.63) is 29.8 Å². The molecule has 0 fully saturated rings. The summed E-state index contributed by atoms with van der Waals surface area (Å²) >= 11 is 0. The Bertz CT molecular complexity index is 463. The lowest BCUT2D eigenvalue weighted by Crippen LogP contribution is -2.30. The fourth-order valence-corrected chi connectivity index (χ4v) is 2.85. The highest BCUT2D eigenvalue weighted by atomic mass is 32.2. The summed E-state index contributed by atoms with van der Waals surface area (Å²) < 4.78 is 25.6. The molecule has 1 atom stereocenters. The van der Waals surface area contributed by atoms with Crippen molar-refractivity contribution in [3.63, 3.8) is 0 Å². The van der Waals surface area contributed by atoms with Gasteiger partial charge in [0.05, 0.1) is 4.90 Å². The summed E-state index contributed by atoms with van der Waals surface area (Å²) in [5, 5.41) is 3.46. The Labute approximate surface area is 116 Å². The van der Waals surface area contributed by atoms with Gasteiger partial charge in [-0.15, -0.1) is 0 Å². The number of benzene rings is 1. The van der Waals surface area contributed by atoms with E-state index in [9.17, 15) is 8.42 Å². The zero-order chi connectivity index (χ0) is 14.3. The number of likely N-dealkylation sites (N-methyl/N-ethyl adjacent to an activating group) is 1. The fraction of sp³-hybridized carbons (Fsp3) is 0.571. The van der Waals surface area contributed by atoms with E-state index in [1.807, 2.05) is 12.1 Å². The van der Waals surface area contributed by atoms with Crippen LogP contribution in [0.4, 0.5) is 0 Å². The van der Waals surface area contributed by atoms with Crippen molar-refractivity contribution < 1.29 is 8.42 Å². The molecule has 0 aliphatic rings. The monoisotopic (exact) mass is 284 g/mol. The van der Waals surface area contributed by atoms with Crippen molar-refractivity contribution in [1.82, 2.24) is 10.0 Å². The van der Waals surface area contributed by atoms with Crippen molar-refractivity contribution in [1.29, 1.82) is 0 Å². The van der Waals surface area contributed by atoms with Crippen LogP contribution in [0.2, 0.25) is 0 Å². The summed E-state index contributed by atoms with van der Waals surface area (Å²) in [6, 6.07) is 7.57. The van der Waals surface area contributed by atoms with Crippen LogP contribution in [0.5, 0.6) is 0 Å². The van der Waals surface area contributed by atoms with Crippen LogP contribution in [0.3, 0.4) is 0 Å². The van der Waals surface area contributed by atoms with Crippen LogP contribution in [-0.2, 0) is 16.4 Å². The van der Waals surface area contributed by atoms with Crippen LogP contribution in [0.15, 0.2) is 29.2 Å². The second kappa shape index (κ2) is 7.62. The Morgan fingerprint density at radius 1 is 1.16 bits per heavy atom. The molecule has 0 radical (unpaired) electrons. The first-order chi connectivity index (χ1) is 9.03. The summed E-state index contributed by atoms with van der Waals surface area (Å²) in [6.07, 6.45) is 3.20. The van der Waals surface area contributed by atoms with Gasteiger partial charge < -0.3 is 5.32 Å². The normalized spacial score (nSPS) is 13.4. The van der Waals surface area contributed by atoms with Crippen LogP contribution in [-0.4, -0.2) is 28.1 Å². The first-order valence-corrected chi connectivity index (χ1v) is 8.27. The number of rotatable bonds is 8. The quantitative estimate of drug-likeness (QED) is 0.767. The van der Waals surface area contributed by atoms with Crippen molar-refractivity contribution >= 4 is 10.0 Å². The minimum absolute atomic E-state index is 0.314. The standard InChI is InChI=1S/C14H24N2O2S/c1-4-6-13(16-5-2)11-12-7-9-14(10-8-12)19(17,18)15-3/h7-10,13,15-16H,4-6,11H2,1-3H3. The lowest BCUT2D eigenvalue weighted by Gasteiger charge is -2.17. The predicted molar refractivity (Wildman–Crippen MR) is 78.8 cm³/mol. The van der Waals surface area contributed by atoms with Gasteiger partial charge in [0.1, 0.15) is 0 Å². The summed E-state index contributed by atoms with van der Waals surface area (Å²) in [4.78, 5) is 0.314. The number of hydrogen-bond donors (Lipinski definition) is 2. The molecule has 5 heteroatoms. The Balaban J connectivity index is 2.76. The Kier molecular flexibility index (Phi) is 6.48. The molecule has 1 rings (SSSR count). The molecule has 19 heavy (non-hydrogen) atoms. The molecule has 1 unspecified atom stereocenters. The Morgan fingerprint density at radius 2 is 1.79 bits per heavy atom. The molecule has 0 aliphatic heterocycles. The number of hydrogen-bond acceptors (Lipinski definition) is 3. The highest BCUT2D eigenvalue weighted by Gasteiger charge is 2.12. The molecule has 0 saturated carbocycles. The second-order valence-corrected chi connectivity index (χ2v) is 6.49. The van der Waals surface area contributed by atoms with Gasteiger partial charge >= 0.3 is 0 Å². The lowest BCUT2D eigenvalue weighted by atomic mass is 10.0. The topological polar surface area (TPSA) is 58.2 Å². The van der Waals surface area contributed by atoms with Crippen molar-refractivity contribution in [2.24, 2.45) is 0 Å². The van der Waals surface area contributed by atoms with E-state index >= 15 is 0 Å². The first kappa shape index (κ1) is 16.1. The molecule has 0 saturated heterocycles. The zero-order valence-electron chi connectivity index (χ0n) is 11.9. The van der Waals surface area contributed by atoms with Crippen molar-refractivity contribution in [2.75, 3.05) is 13.6 Å². The molecule has 1 aromatic carbocycles. The van der Waals surface area contributed by atoms with Gasteiger partial charge in [0.25, 0.3) is 0 Å². The van der Waals surface area contributed by atoms with Gasteiger partial charge in [-0.25, -0.2) is 13.1 Å². The molecule has 0 spiro atoms. The van der Waals surface area contributed by atoms with Crippen LogP contribution >= 0.6 is 0 Å². The summed E-state index contributed by atoms with van der Waals surface area (Å²) in [7, 11) is -1.91. The largest absolute Gasteiger partial charge is 0.314 e. The Hall–Kier alpha value is -0.910. The molecule has 0 aromatic heterocycles. The molecule has 1 aromatic rings. The molecule has 108 valence electrons. The van der Waals surface area contributed by atoms with E-state index in [1.165, 1.54) is 7.05 Å². The van der Waals surface area contributed by atoms with E-state index in [2.05, 4.69) is 23.9 Å². The van der Waals surface area contributed by atoms with Crippen molar-refractivity contribution in [3.8, 4) is 0 Å². The molecule has 0 amide bonds. The second-order valence-electron chi connectivity index (χ2n) is 4.60. The maximum absolute atomic E-state index is 11.6. The van der Waals surface area contributed by atoms with E-state index in [0.29, 0.717) is 10.9 Å². The summed E-state index contributed by atoms with van der Waals surface area (Å²) in [5.41, 5.74) is 1.16. The highest BCUT2D eigenvalue weighted by molar-refractivity contribution is 7.89. The van der Waals surface area contributed by atoms with Crippen LogP contribution < -0.4 is 10.0 Å². The van der Waals surface area contributed by atoms with Crippen LogP contribution in [0.1, 0.15) is 32.3 Å². The average Bonchev–Trinajstić information content (AvgIpc) is 2.40. The SMILES string of the molecule is CCCC(Cc1ccc(S(=O)(=O)NC)cc1)NCC. The predicted octanol–water partition coefficient (Wildman–Crippen LogP) is 1.92. The van der Waals surface area contributed by atoms with Gasteiger partial charge in [-0.2, -0.15) is 0 Å². The molecule has 0 bridgehead atoms. The van der Waals surface area contributed by atoms with Gasteiger partial charge in [-0.1, -0.05) is 32.4 Å². The molecular weight excluding hydrogens is 260 g/mol. The third-order valence-corrected chi connectivity index (χ3v) is 4.54. The minimum atomic E-state index is -3.33. The van der Waals surface area contributed by atoms with E-state index in [0.717, 1.165) is 31.4 Å². The van der Waals surface area contributed by atoms with E-state index in [4.69, 9.17) is 0 Å². The molecule has 2 N–H and O–H groups in total. The van der Waals surface area contributed by atoms with E-state index in [1.54, 1.807) is 12.1 Å². The first-order valence-electron chi connectivity index (χ1n) is 6.79. The fourth-order valence-electron chi connectivity index (χ4n) is 2.12. The summed E-state index contributed by atoms with van der Waals surface area (Å²) in [6.45, 7) is 5.23. The summed E-state index contributed by atoms with van der Waals surface area (Å²) in [5.74, 6) is 0. The van der Waals surface area contributed by atoms with Crippen LogP contribution in [0.25, 0.3) is 0 Å². The molecular formula is C14H24N2O2S. The van der Waals surface area contributed by atoms with E-state index in [-0.39, 0.29) is 0 Å². The Morgan fingerprint density at radius 3 is 2.26 bits per heavy atom. The van der Waals surface area contributed by atoms with Crippen LogP contribution in [0, 0.1) is 0 Å². The minimum Gasteiger partial charge on any atom is -0.314 e. The average molecular weight is 284 g/mol. The van der Waals surface area contributed by atoms with Gasteiger partial charge in [-0.05, 0) is 44.1 Å². The van der Waals surface area contributed by atoms with Gasteiger partial charge in [0.15, 0.2) is 0 Å². The van der Waals surface area contributed by atoms with Gasteiger partial charge in [0, 0.05) is 6.04 Å². The van der Waals surface area contributed by atoms with Gasteiger partial charge in [0.2, 0.25) is 10.0 Å². The third kappa shape index (κ3) is 4.93. The number of nitrogens with one attached hydrogen (secondary N) is 2. The number of sulfonamides is 1. The lowest BCUT2D eigenvalue weighted by molar-refractivity contribution is 0.486. The zero-order valence-corrected chi connectivity index (χ0v) is 12.8.